The van der Waals surface area contributed by atoms with Crippen molar-refractivity contribution >= 4 is 28.9 Å². The van der Waals surface area contributed by atoms with E-state index in [1.54, 1.807) is 24.5 Å². The number of amides is 1. The molecule has 0 spiro atoms. The van der Waals surface area contributed by atoms with Crippen LogP contribution in [0.15, 0.2) is 45.1 Å². The molecule has 0 bridgehead atoms. The third-order valence-electron chi connectivity index (χ3n) is 5.25. The minimum atomic E-state index is -0.520. The quantitative estimate of drug-likeness (QED) is 0.228. The summed E-state index contributed by atoms with van der Waals surface area (Å²) >= 11 is 0. The van der Waals surface area contributed by atoms with Crippen LogP contribution in [0.5, 0.6) is 0 Å². The number of hydrogen-bond acceptors (Lipinski definition) is 8. The number of nitrogens with zero attached hydrogens (tertiary/aromatic N) is 2. The lowest BCUT2D eigenvalue weighted by Crippen LogP contribution is -2.36. The molecular weight excluding hydrogens is 424 g/mol. The molecule has 1 amide bonds. The van der Waals surface area contributed by atoms with Gasteiger partial charge in [-0.15, -0.1) is 0 Å². The molecule has 1 aromatic carbocycles. The molecule has 2 aromatic heterocycles. The second-order valence-electron chi connectivity index (χ2n) is 7.70. The predicted molar refractivity (Wildman–Crippen MR) is 128 cm³/mol. The van der Waals surface area contributed by atoms with Crippen molar-refractivity contribution in [3.8, 4) is 0 Å². The fourth-order valence-electron chi connectivity index (χ4n) is 3.34. The van der Waals surface area contributed by atoms with Gasteiger partial charge in [0.15, 0.2) is 0 Å². The van der Waals surface area contributed by atoms with Gasteiger partial charge in [0.05, 0.1) is 0 Å². The standard InChI is InChI=1S/C23H28N6O4/c1-2-15-14-26-23(29-22(15)33)28-17(30)8-6-4-3-5-7-11-25-18-19(21(32)20(18)31)27-16-9-12-24-13-10-16/h9-10,12-14,25H,2-8,11H2,1H3,(H,24,27)(H2,26,28,29,30,33). The molecule has 33 heavy (non-hydrogen) atoms. The summed E-state index contributed by atoms with van der Waals surface area (Å²) in [5.74, 6) is -0.0113. The molecule has 0 atom stereocenters. The van der Waals surface area contributed by atoms with Gasteiger partial charge in [0.1, 0.15) is 11.4 Å². The van der Waals surface area contributed by atoms with Gasteiger partial charge >= 0.3 is 0 Å². The number of unbranched alkanes of at least 4 members (excludes halogenated alkanes) is 4. The number of carbonyl (C=O) groups excluding carboxylic acids is 1. The molecule has 0 unspecified atom stereocenters. The molecule has 10 nitrogen and oxygen atoms in total. The Bertz CT molecular complexity index is 1200. The zero-order valence-electron chi connectivity index (χ0n) is 18.6. The van der Waals surface area contributed by atoms with Crippen LogP contribution in [0.4, 0.5) is 23.0 Å². The van der Waals surface area contributed by atoms with Crippen molar-refractivity contribution in [2.45, 2.75) is 51.9 Å². The average molecular weight is 453 g/mol. The molecule has 2 heterocycles. The van der Waals surface area contributed by atoms with E-state index in [2.05, 4.69) is 30.9 Å². The lowest BCUT2D eigenvalue weighted by molar-refractivity contribution is -0.116. The Hall–Kier alpha value is -3.82. The van der Waals surface area contributed by atoms with Crippen molar-refractivity contribution in [1.82, 2.24) is 15.0 Å². The summed E-state index contributed by atoms with van der Waals surface area (Å²) in [5.41, 5.74) is 0.633. The Labute approximate surface area is 190 Å². The molecule has 0 fully saturated rings. The first-order chi connectivity index (χ1) is 16.0. The number of hydrogen-bond donors (Lipinski definition) is 4. The third-order valence-corrected chi connectivity index (χ3v) is 5.25. The molecule has 0 aliphatic heterocycles. The normalized spacial score (nSPS) is 10.8. The number of H-pyrrole nitrogens is 1. The zero-order valence-corrected chi connectivity index (χ0v) is 18.6. The summed E-state index contributed by atoms with van der Waals surface area (Å²) in [6, 6.07) is 3.44. The van der Waals surface area contributed by atoms with Gasteiger partial charge in [-0.3, -0.25) is 34.5 Å². The van der Waals surface area contributed by atoms with E-state index in [1.807, 2.05) is 6.92 Å². The lowest BCUT2D eigenvalue weighted by Gasteiger charge is -2.14. The van der Waals surface area contributed by atoms with Gasteiger partial charge in [0, 0.05) is 42.8 Å². The van der Waals surface area contributed by atoms with Crippen molar-refractivity contribution in [2.24, 2.45) is 0 Å². The van der Waals surface area contributed by atoms with E-state index in [9.17, 15) is 19.2 Å². The predicted octanol–water partition coefficient (Wildman–Crippen LogP) is 2.46. The molecule has 0 aliphatic rings. The second kappa shape index (κ2) is 11.7. The van der Waals surface area contributed by atoms with Crippen LogP contribution in [-0.4, -0.2) is 27.4 Å². The Balaban J connectivity index is 1.29. The minimum Gasteiger partial charge on any atom is -0.380 e. The highest BCUT2D eigenvalue weighted by Crippen LogP contribution is 2.20. The summed E-state index contributed by atoms with van der Waals surface area (Å²) < 4.78 is 0. The topological polar surface area (TPSA) is 146 Å². The van der Waals surface area contributed by atoms with Gasteiger partial charge in [-0.05, 0) is 31.4 Å². The number of carbonyl (C=O) groups is 1. The van der Waals surface area contributed by atoms with Gasteiger partial charge < -0.3 is 10.6 Å². The summed E-state index contributed by atoms with van der Waals surface area (Å²) in [4.78, 5) is 57.9. The average Bonchev–Trinajstić information content (AvgIpc) is 2.82. The maximum atomic E-state index is 12.0. The smallest absolute Gasteiger partial charge is 0.255 e. The van der Waals surface area contributed by atoms with Gasteiger partial charge in [-0.25, -0.2) is 4.98 Å². The van der Waals surface area contributed by atoms with Crippen LogP contribution < -0.4 is 32.4 Å². The Morgan fingerprint density at radius 3 is 2.39 bits per heavy atom. The van der Waals surface area contributed by atoms with Crippen molar-refractivity contribution in [3.05, 3.63) is 67.1 Å². The van der Waals surface area contributed by atoms with E-state index in [4.69, 9.17) is 0 Å². The van der Waals surface area contributed by atoms with Crippen molar-refractivity contribution < 1.29 is 4.79 Å². The van der Waals surface area contributed by atoms with Crippen molar-refractivity contribution in [1.29, 1.82) is 0 Å². The van der Waals surface area contributed by atoms with Gasteiger partial charge in [0.2, 0.25) is 11.9 Å². The molecular formula is C23H28N6O4. The Morgan fingerprint density at radius 2 is 1.67 bits per heavy atom. The Kier molecular flexibility index (Phi) is 8.45. The van der Waals surface area contributed by atoms with Crippen LogP contribution in [-0.2, 0) is 11.2 Å². The number of pyridine rings is 1. The summed E-state index contributed by atoms with van der Waals surface area (Å²) in [6.07, 6.45) is 9.96. The number of nitrogens with one attached hydrogen (secondary N) is 4. The zero-order chi connectivity index (χ0) is 23.6. The molecule has 4 N–H and O–H groups in total. The molecule has 10 heteroatoms. The molecule has 0 saturated heterocycles. The molecule has 0 saturated carbocycles. The first-order valence-electron chi connectivity index (χ1n) is 11.1. The summed E-state index contributed by atoms with van der Waals surface area (Å²) in [7, 11) is 0. The van der Waals surface area contributed by atoms with E-state index in [-0.39, 0.29) is 23.1 Å². The number of aryl methyl sites for hydroxylation is 1. The maximum absolute atomic E-state index is 12.0. The number of aromatic amines is 1. The fraction of sp³-hybridized carbons (Fsp3) is 0.391. The van der Waals surface area contributed by atoms with E-state index in [0.717, 1.165) is 32.1 Å². The van der Waals surface area contributed by atoms with E-state index in [0.29, 0.717) is 36.3 Å². The number of aromatic nitrogens is 3. The van der Waals surface area contributed by atoms with Crippen LogP contribution >= 0.6 is 0 Å². The van der Waals surface area contributed by atoms with Gasteiger partial charge in [0.25, 0.3) is 16.4 Å². The van der Waals surface area contributed by atoms with Crippen LogP contribution in [0.3, 0.4) is 0 Å². The molecule has 3 aromatic rings. The highest BCUT2D eigenvalue weighted by Gasteiger charge is 2.20. The van der Waals surface area contributed by atoms with Crippen molar-refractivity contribution in [2.75, 3.05) is 22.5 Å². The number of rotatable bonds is 13. The fourth-order valence-corrected chi connectivity index (χ4v) is 3.34. The van der Waals surface area contributed by atoms with E-state index in [1.165, 1.54) is 6.20 Å². The summed E-state index contributed by atoms with van der Waals surface area (Å²) in [5, 5.41) is 8.62. The van der Waals surface area contributed by atoms with Crippen LogP contribution in [0, 0.1) is 0 Å². The molecule has 174 valence electrons. The largest absolute Gasteiger partial charge is 0.380 e. The summed E-state index contributed by atoms with van der Waals surface area (Å²) in [6.45, 7) is 2.45. The second-order valence-corrected chi connectivity index (χ2v) is 7.70. The molecule has 0 aliphatic carbocycles. The minimum absolute atomic E-state index is 0.171. The van der Waals surface area contributed by atoms with Crippen molar-refractivity contribution in [3.63, 3.8) is 0 Å². The highest BCUT2D eigenvalue weighted by molar-refractivity contribution is 5.88. The molecule has 3 rings (SSSR count). The van der Waals surface area contributed by atoms with E-state index >= 15 is 0 Å². The Morgan fingerprint density at radius 1 is 0.970 bits per heavy atom. The molecule has 0 radical (unpaired) electrons. The highest BCUT2D eigenvalue weighted by atomic mass is 16.2. The first-order valence-corrected chi connectivity index (χ1v) is 11.1. The monoisotopic (exact) mass is 452 g/mol. The lowest BCUT2D eigenvalue weighted by atomic mass is 10.1. The maximum Gasteiger partial charge on any atom is 0.255 e. The van der Waals surface area contributed by atoms with Crippen LogP contribution in [0.25, 0.3) is 0 Å². The first kappa shape index (κ1) is 23.8. The van der Waals surface area contributed by atoms with Gasteiger partial charge in [-0.2, -0.15) is 0 Å². The van der Waals surface area contributed by atoms with Crippen LogP contribution in [0.2, 0.25) is 0 Å². The van der Waals surface area contributed by atoms with E-state index < -0.39 is 10.9 Å². The third kappa shape index (κ3) is 6.58. The van der Waals surface area contributed by atoms with Gasteiger partial charge in [-0.1, -0.05) is 26.2 Å². The number of anilines is 4. The SMILES string of the molecule is CCc1cnc(NC(=O)CCCCCCCNc2c(Nc3ccncc3)c(=O)c2=O)[nH]c1=O. The van der Waals surface area contributed by atoms with Crippen LogP contribution in [0.1, 0.15) is 51.0 Å².